The fourth-order valence-electron chi connectivity index (χ4n) is 1.99. The zero-order valence-corrected chi connectivity index (χ0v) is 12.5. The second-order valence-electron chi connectivity index (χ2n) is 4.43. The minimum atomic E-state index is -0.771. The van der Waals surface area contributed by atoms with Crippen molar-refractivity contribution in [1.82, 2.24) is 0 Å². The maximum atomic E-state index is 13.8. The zero-order chi connectivity index (χ0) is 15.6. The first kappa shape index (κ1) is 15.4. The van der Waals surface area contributed by atoms with E-state index >= 15 is 0 Å². The lowest BCUT2D eigenvalue weighted by molar-refractivity contribution is -0.385. The van der Waals surface area contributed by atoms with Gasteiger partial charge in [-0.15, -0.1) is 0 Å². The number of para-hydroxylation sites is 1. The minimum absolute atomic E-state index is 0.0575. The molecule has 0 saturated carbocycles. The summed E-state index contributed by atoms with van der Waals surface area (Å²) in [6.45, 7) is 1.66. The first-order valence-electron chi connectivity index (χ1n) is 6.04. The molecule has 7 heteroatoms. The van der Waals surface area contributed by atoms with E-state index in [1.165, 1.54) is 6.07 Å². The second kappa shape index (κ2) is 6.17. The van der Waals surface area contributed by atoms with Crippen molar-refractivity contribution in [3.8, 4) is 0 Å². The molecule has 0 radical (unpaired) electrons. The Morgan fingerprint density at radius 1 is 1.29 bits per heavy atom. The smallest absolute Gasteiger partial charge is 0.274 e. The highest BCUT2D eigenvalue weighted by atomic mass is 79.9. The summed E-state index contributed by atoms with van der Waals surface area (Å²) in [5.41, 5.74) is 0.413. The topological polar surface area (TPSA) is 55.2 Å². The Labute approximate surface area is 128 Å². The largest absolute Gasteiger partial charge is 0.375 e. The molecule has 2 rings (SSSR count). The lowest BCUT2D eigenvalue weighted by atomic mass is 10.1. The summed E-state index contributed by atoms with van der Waals surface area (Å²) in [6.07, 6.45) is 0. The molecule has 0 aliphatic heterocycles. The summed E-state index contributed by atoms with van der Waals surface area (Å²) in [7, 11) is 0. The Kier molecular flexibility index (Phi) is 4.52. The van der Waals surface area contributed by atoms with Gasteiger partial charge in [-0.2, -0.15) is 0 Å². The quantitative estimate of drug-likeness (QED) is 0.631. The molecule has 0 aromatic heterocycles. The van der Waals surface area contributed by atoms with Crippen LogP contribution in [0.5, 0.6) is 0 Å². The molecule has 21 heavy (non-hydrogen) atoms. The molecule has 0 aliphatic rings. The van der Waals surface area contributed by atoms with Crippen LogP contribution in [0.1, 0.15) is 18.5 Å². The van der Waals surface area contributed by atoms with Crippen molar-refractivity contribution in [3.05, 3.63) is 68.2 Å². The predicted molar refractivity (Wildman–Crippen MR) is 79.2 cm³/mol. The number of rotatable bonds is 4. The summed E-state index contributed by atoms with van der Waals surface area (Å²) in [4.78, 5) is 10.5. The van der Waals surface area contributed by atoms with Crippen LogP contribution in [0.25, 0.3) is 0 Å². The van der Waals surface area contributed by atoms with Gasteiger partial charge in [0.25, 0.3) is 5.69 Å². The minimum Gasteiger partial charge on any atom is -0.375 e. The molecule has 2 aromatic rings. The first-order chi connectivity index (χ1) is 9.90. The fourth-order valence-corrected chi connectivity index (χ4v) is 2.52. The van der Waals surface area contributed by atoms with Crippen molar-refractivity contribution >= 4 is 27.3 Å². The summed E-state index contributed by atoms with van der Waals surface area (Å²) in [6, 6.07) is 7.54. The fraction of sp³-hybridized carbons (Fsp3) is 0.143. The van der Waals surface area contributed by atoms with Gasteiger partial charge < -0.3 is 5.32 Å². The van der Waals surface area contributed by atoms with Gasteiger partial charge in [-0.1, -0.05) is 18.2 Å². The third kappa shape index (κ3) is 3.36. The molecule has 2 aromatic carbocycles. The average molecular weight is 357 g/mol. The molecule has 0 saturated heterocycles. The zero-order valence-electron chi connectivity index (χ0n) is 10.9. The van der Waals surface area contributed by atoms with Crippen molar-refractivity contribution < 1.29 is 13.7 Å². The molecule has 1 unspecified atom stereocenters. The van der Waals surface area contributed by atoms with E-state index in [1.807, 2.05) is 0 Å². The summed E-state index contributed by atoms with van der Waals surface area (Å²) < 4.78 is 27.0. The number of nitro groups is 1. The molecule has 110 valence electrons. The van der Waals surface area contributed by atoms with E-state index in [0.717, 1.165) is 12.1 Å². The number of anilines is 1. The third-order valence-electron chi connectivity index (χ3n) is 2.97. The lowest BCUT2D eigenvalue weighted by Gasteiger charge is -2.17. The molecule has 1 N–H and O–H groups in total. The van der Waals surface area contributed by atoms with Crippen LogP contribution in [0.2, 0.25) is 0 Å². The molecule has 1 atom stereocenters. The first-order valence-corrected chi connectivity index (χ1v) is 6.84. The Morgan fingerprint density at radius 2 is 1.95 bits per heavy atom. The van der Waals surface area contributed by atoms with Gasteiger partial charge in [-0.05, 0) is 28.9 Å². The lowest BCUT2D eigenvalue weighted by Crippen LogP contribution is -2.11. The van der Waals surface area contributed by atoms with E-state index in [1.54, 1.807) is 25.1 Å². The van der Waals surface area contributed by atoms with Crippen LogP contribution >= 0.6 is 15.9 Å². The van der Waals surface area contributed by atoms with Gasteiger partial charge in [0, 0.05) is 16.6 Å². The molecular weight excluding hydrogens is 346 g/mol. The van der Waals surface area contributed by atoms with Crippen molar-refractivity contribution in [2.45, 2.75) is 13.0 Å². The molecule has 0 fully saturated rings. The number of hydrogen-bond donors (Lipinski definition) is 1. The van der Waals surface area contributed by atoms with Crippen LogP contribution in [-0.2, 0) is 0 Å². The summed E-state index contributed by atoms with van der Waals surface area (Å²) >= 11 is 3.07. The number of nitrogens with one attached hydrogen (secondary N) is 1. The van der Waals surface area contributed by atoms with E-state index in [2.05, 4.69) is 21.2 Å². The average Bonchev–Trinajstić information content (AvgIpc) is 2.42. The van der Waals surface area contributed by atoms with Crippen LogP contribution in [0, 0.1) is 21.7 Å². The van der Waals surface area contributed by atoms with Crippen LogP contribution in [-0.4, -0.2) is 4.92 Å². The van der Waals surface area contributed by atoms with Gasteiger partial charge in [0.05, 0.1) is 22.2 Å². The van der Waals surface area contributed by atoms with E-state index in [0.29, 0.717) is 5.56 Å². The van der Waals surface area contributed by atoms with Gasteiger partial charge >= 0.3 is 0 Å². The monoisotopic (exact) mass is 356 g/mol. The molecule has 0 aliphatic carbocycles. The van der Waals surface area contributed by atoms with E-state index in [9.17, 15) is 18.9 Å². The maximum absolute atomic E-state index is 13.8. The number of halogens is 3. The van der Waals surface area contributed by atoms with Gasteiger partial charge in [-0.25, -0.2) is 8.78 Å². The summed E-state index contributed by atoms with van der Waals surface area (Å²) in [5.74, 6) is -1.48. The molecule has 0 heterocycles. The van der Waals surface area contributed by atoms with Gasteiger partial charge in [0.15, 0.2) is 0 Å². The highest BCUT2D eigenvalue weighted by Gasteiger charge is 2.20. The standard InChI is InChI=1S/C14H11BrF2N2O2/c1-8(10-4-2-3-5-13(10)19(20)21)18-14-11(15)6-9(16)7-12(14)17/h2-8,18H,1H3. The normalized spacial score (nSPS) is 12.0. The van der Waals surface area contributed by atoms with Crippen LogP contribution in [0.3, 0.4) is 0 Å². The van der Waals surface area contributed by atoms with Crippen molar-refractivity contribution in [2.75, 3.05) is 5.32 Å². The molecule has 4 nitrogen and oxygen atoms in total. The van der Waals surface area contributed by atoms with Crippen molar-refractivity contribution in [3.63, 3.8) is 0 Å². The molecule has 0 bridgehead atoms. The van der Waals surface area contributed by atoms with Gasteiger partial charge in [0.2, 0.25) is 0 Å². The van der Waals surface area contributed by atoms with E-state index in [4.69, 9.17) is 0 Å². The highest BCUT2D eigenvalue weighted by Crippen LogP contribution is 2.32. The van der Waals surface area contributed by atoms with Gasteiger partial charge in [0.1, 0.15) is 11.6 Å². The highest BCUT2D eigenvalue weighted by molar-refractivity contribution is 9.10. The predicted octanol–water partition coefficient (Wildman–Crippen LogP) is 4.81. The SMILES string of the molecule is CC(Nc1c(F)cc(F)cc1Br)c1ccccc1[N+](=O)[O-]. The van der Waals surface area contributed by atoms with Crippen LogP contribution in [0.15, 0.2) is 40.9 Å². The second-order valence-corrected chi connectivity index (χ2v) is 5.28. The molecular formula is C14H11BrF2N2O2. The summed E-state index contributed by atoms with van der Waals surface area (Å²) in [5, 5.41) is 13.8. The van der Waals surface area contributed by atoms with E-state index in [-0.39, 0.29) is 15.8 Å². The Morgan fingerprint density at radius 3 is 2.57 bits per heavy atom. The van der Waals surface area contributed by atoms with E-state index < -0.39 is 22.6 Å². The Balaban J connectivity index is 2.35. The molecule has 0 amide bonds. The van der Waals surface area contributed by atoms with Crippen molar-refractivity contribution in [2.24, 2.45) is 0 Å². The molecule has 0 spiro atoms. The van der Waals surface area contributed by atoms with Crippen LogP contribution < -0.4 is 5.32 Å². The number of nitrogens with zero attached hydrogens (tertiary/aromatic N) is 1. The van der Waals surface area contributed by atoms with Gasteiger partial charge in [-0.3, -0.25) is 10.1 Å². The number of benzene rings is 2. The van der Waals surface area contributed by atoms with Crippen molar-refractivity contribution in [1.29, 1.82) is 0 Å². The number of hydrogen-bond acceptors (Lipinski definition) is 3. The Bertz CT molecular complexity index is 671. The maximum Gasteiger partial charge on any atom is 0.274 e. The number of nitro benzene ring substituents is 1. The third-order valence-corrected chi connectivity index (χ3v) is 3.59. The van der Waals surface area contributed by atoms with Crippen LogP contribution in [0.4, 0.5) is 20.2 Å². The Hall–Kier alpha value is -2.02.